The standard InChI is InChI=1S/C12H14N3P.2C4H8O.3ClH.3Li/c1-15(2)16(11-7-3-5-9-13-11)12-8-4-6-10-14-12;2*1-2-4-5-3-1;;;;;;/h3-10H,1-2H3;2*1-4H2;3*1H;;;/q;;;;;;3*+1/p-3. The van der Waals surface area contributed by atoms with Gasteiger partial charge in [-0.05, 0) is 64.0 Å². The molecule has 0 spiro atoms. The van der Waals surface area contributed by atoms with Crippen LogP contribution in [-0.4, -0.2) is 55.2 Å². The molecule has 0 saturated carbocycles. The van der Waals surface area contributed by atoms with Gasteiger partial charge in [0.1, 0.15) is 0 Å². The zero-order chi connectivity index (χ0) is 18.5. The summed E-state index contributed by atoms with van der Waals surface area (Å²) in [6.45, 7) is 4.00. The Labute approximate surface area is 249 Å². The van der Waals surface area contributed by atoms with Crippen LogP contribution in [0.4, 0.5) is 0 Å². The van der Waals surface area contributed by atoms with Crippen LogP contribution in [0.25, 0.3) is 0 Å². The summed E-state index contributed by atoms with van der Waals surface area (Å²) in [6, 6.07) is 12.0. The zero-order valence-corrected chi connectivity index (χ0v) is 23.2. The number of pyridine rings is 2. The van der Waals surface area contributed by atoms with E-state index >= 15 is 0 Å². The minimum absolute atomic E-state index is 0. The Kier molecular flexibility index (Phi) is 38.6. The summed E-state index contributed by atoms with van der Waals surface area (Å²) >= 11 is 0. The van der Waals surface area contributed by atoms with Gasteiger partial charge >= 0.3 is 56.6 Å². The van der Waals surface area contributed by atoms with E-state index in [1.807, 2.05) is 36.7 Å². The Morgan fingerprint density at radius 1 is 0.656 bits per heavy atom. The maximum Gasteiger partial charge on any atom is 1.00 e. The number of nitrogens with zero attached hydrogens (tertiary/aromatic N) is 3. The Morgan fingerprint density at radius 3 is 1.19 bits per heavy atom. The molecular weight excluding hydrogens is 472 g/mol. The Bertz CT molecular complexity index is 540. The minimum Gasteiger partial charge on any atom is -1.00 e. The van der Waals surface area contributed by atoms with Crippen LogP contribution in [0, 0.1) is 0 Å². The van der Waals surface area contributed by atoms with Gasteiger partial charge in [0.15, 0.2) is 0 Å². The van der Waals surface area contributed by atoms with Gasteiger partial charge in [0.05, 0.1) is 18.9 Å². The van der Waals surface area contributed by atoms with E-state index in [9.17, 15) is 0 Å². The van der Waals surface area contributed by atoms with Crippen LogP contribution in [0.5, 0.6) is 0 Å². The summed E-state index contributed by atoms with van der Waals surface area (Å²) in [4.78, 5) is 8.85. The van der Waals surface area contributed by atoms with E-state index in [0.29, 0.717) is 0 Å². The first-order valence-electron chi connectivity index (χ1n) is 9.24. The molecule has 0 unspecified atom stereocenters. The monoisotopic (exact) mass is 501 g/mol. The number of rotatable bonds is 3. The van der Waals surface area contributed by atoms with E-state index in [1.54, 1.807) is 0 Å². The molecule has 32 heavy (non-hydrogen) atoms. The van der Waals surface area contributed by atoms with Crippen molar-refractivity contribution < 1.29 is 103 Å². The third-order valence-corrected chi connectivity index (χ3v) is 5.98. The predicted octanol–water partition coefficient (Wildman–Crippen LogP) is -15.0. The van der Waals surface area contributed by atoms with Crippen LogP contribution in [0.3, 0.4) is 0 Å². The molecule has 12 heteroatoms. The van der Waals surface area contributed by atoms with Crippen molar-refractivity contribution in [1.82, 2.24) is 14.6 Å². The maximum atomic E-state index is 4.94. The van der Waals surface area contributed by atoms with Crippen molar-refractivity contribution in [2.75, 3.05) is 40.5 Å². The van der Waals surface area contributed by atoms with E-state index in [0.717, 1.165) is 37.3 Å². The van der Waals surface area contributed by atoms with Crippen LogP contribution in [0.15, 0.2) is 48.8 Å². The molecular formula is C20H30Cl3Li3N3O2P. The average Bonchev–Trinajstić information content (AvgIpc) is 3.42. The Morgan fingerprint density at radius 2 is 1.00 bits per heavy atom. The third-order valence-electron chi connectivity index (χ3n) is 3.79. The molecule has 0 bridgehead atoms. The van der Waals surface area contributed by atoms with E-state index in [-0.39, 0.29) is 93.8 Å². The molecule has 0 atom stereocenters. The molecule has 2 aliphatic heterocycles. The van der Waals surface area contributed by atoms with Crippen LogP contribution in [-0.2, 0) is 9.47 Å². The van der Waals surface area contributed by atoms with Gasteiger partial charge in [0.25, 0.3) is 0 Å². The summed E-state index contributed by atoms with van der Waals surface area (Å²) < 4.78 is 12.1. The van der Waals surface area contributed by atoms with E-state index in [2.05, 4.69) is 40.9 Å². The molecule has 4 rings (SSSR count). The van der Waals surface area contributed by atoms with Crippen LogP contribution < -0.4 is 105 Å². The first kappa shape index (κ1) is 43.4. The summed E-state index contributed by atoms with van der Waals surface area (Å²) in [5, 5.41) is 0. The maximum absolute atomic E-state index is 4.94. The molecule has 2 aliphatic rings. The molecule has 4 heterocycles. The fraction of sp³-hybridized carbons (Fsp3) is 0.500. The molecule has 0 aliphatic carbocycles. The Balaban J connectivity index is -0.000000129. The van der Waals surface area contributed by atoms with Gasteiger partial charge in [-0.15, -0.1) is 0 Å². The first-order chi connectivity index (χ1) is 12.8. The van der Waals surface area contributed by atoms with Crippen molar-refractivity contribution in [2.45, 2.75) is 25.7 Å². The van der Waals surface area contributed by atoms with Crippen molar-refractivity contribution in [3.63, 3.8) is 0 Å². The Hall–Kier alpha value is 1.27. The van der Waals surface area contributed by atoms with Crippen molar-refractivity contribution >= 4 is 18.9 Å². The van der Waals surface area contributed by atoms with Crippen molar-refractivity contribution in [3.8, 4) is 0 Å². The fourth-order valence-corrected chi connectivity index (χ4v) is 4.37. The number of hydrogen-bond donors (Lipinski definition) is 0. The minimum atomic E-state index is -0.599. The second-order valence-corrected chi connectivity index (χ2v) is 8.51. The number of ether oxygens (including phenoxy) is 2. The molecule has 5 nitrogen and oxygen atoms in total. The normalized spacial score (nSPS) is 13.0. The summed E-state index contributed by atoms with van der Waals surface area (Å²) in [5.41, 5.74) is 2.17. The molecule has 2 fully saturated rings. The molecule has 0 radical (unpaired) electrons. The molecule has 0 amide bonds. The number of hydrogen-bond acceptors (Lipinski definition) is 5. The second kappa shape index (κ2) is 28.5. The van der Waals surface area contributed by atoms with Gasteiger partial charge in [-0.2, -0.15) is 0 Å². The molecule has 2 aromatic rings. The van der Waals surface area contributed by atoms with Crippen molar-refractivity contribution in [3.05, 3.63) is 48.8 Å². The van der Waals surface area contributed by atoms with Gasteiger partial charge < -0.3 is 46.7 Å². The molecule has 0 N–H and O–H groups in total. The number of halogens is 3. The third kappa shape index (κ3) is 18.6. The summed E-state index contributed by atoms with van der Waals surface area (Å²) in [7, 11) is 3.53. The summed E-state index contributed by atoms with van der Waals surface area (Å²) in [5.74, 6) is 0. The van der Waals surface area contributed by atoms with Crippen LogP contribution in [0.2, 0.25) is 0 Å². The number of aromatic nitrogens is 2. The van der Waals surface area contributed by atoms with Gasteiger partial charge in [0.2, 0.25) is 0 Å². The molecule has 2 aromatic heterocycles. The SMILES string of the molecule is C1CCOC1.C1CCOC1.CN(C)P(c1ccccn1)c1ccccn1.[Cl-].[Cl-].[Cl-].[Li+].[Li+].[Li+]. The topological polar surface area (TPSA) is 47.5 Å². The van der Waals surface area contributed by atoms with E-state index < -0.39 is 8.07 Å². The van der Waals surface area contributed by atoms with Gasteiger partial charge in [-0.1, -0.05) is 12.1 Å². The van der Waals surface area contributed by atoms with E-state index in [1.165, 1.54) is 25.7 Å². The summed E-state index contributed by atoms with van der Waals surface area (Å²) in [6.07, 6.45) is 8.77. The van der Waals surface area contributed by atoms with E-state index in [4.69, 9.17) is 9.47 Å². The fourth-order valence-electron chi connectivity index (χ4n) is 2.51. The van der Waals surface area contributed by atoms with Gasteiger partial charge in [0, 0.05) is 38.8 Å². The quantitative estimate of drug-likeness (QED) is 0.308. The van der Waals surface area contributed by atoms with Gasteiger partial charge in [-0.25, -0.2) is 0 Å². The largest absolute Gasteiger partial charge is 1.00 e. The average molecular weight is 503 g/mol. The molecule has 0 aromatic carbocycles. The van der Waals surface area contributed by atoms with Crippen molar-refractivity contribution in [1.29, 1.82) is 0 Å². The van der Waals surface area contributed by atoms with Crippen LogP contribution in [0.1, 0.15) is 25.7 Å². The van der Waals surface area contributed by atoms with Gasteiger partial charge in [-0.3, -0.25) is 14.6 Å². The molecule has 166 valence electrons. The zero-order valence-electron chi connectivity index (χ0n) is 20.0. The smallest absolute Gasteiger partial charge is 1.00 e. The van der Waals surface area contributed by atoms with Crippen molar-refractivity contribution in [2.24, 2.45) is 0 Å². The first-order valence-corrected chi connectivity index (χ1v) is 10.5. The predicted molar refractivity (Wildman–Crippen MR) is 108 cm³/mol. The van der Waals surface area contributed by atoms with Crippen LogP contribution >= 0.6 is 8.07 Å². The molecule has 2 saturated heterocycles. The second-order valence-electron chi connectivity index (χ2n) is 6.17.